The Bertz CT molecular complexity index is 1160. The Morgan fingerprint density at radius 3 is 2.55 bits per heavy atom. The summed E-state index contributed by atoms with van der Waals surface area (Å²) in [6, 6.07) is 5.88. The number of carbonyl (C=O) groups excluding carboxylic acids is 1. The van der Waals surface area contributed by atoms with Crippen molar-refractivity contribution < 1.29 is 14.3 Å². The number of benzene rings is 1. The van der Waals surface area contributed by atoms with E-state index >= 15 is 0 Å². The van der Waals surface area contributed by atoms with Crippen LogP contribution in [0.4, 0.5) is 0 Å². The molecule has 0 N–H and O–H groups in total. The van der Waals surface area contributed by atoms with Crippen LogP contribution < -0.4 is 10.3 Å². The highest BCUT2D eigenvalue weighted by Gasteiger charge is 2.35. The van der Waals surface area contributed by atoms with Gasteiger partial charge in [-0.3, -0.25) is 9.36 Å². The Morgan fingerprint density at radius 2 is 1.93 bits per heavy atom. The molecule has 0 spiro atoms. The second-order valence-electron chi connectivity index (χ2n) is 7.50. The Labute approximate surface area is 174 Å². The van der Waals surface area contributed by atoms with Crippen molar-refractivity contribution >= 4 is 27.5 Å². The lowest BCUT2D eigenvalue weighted by Crippen LogP contribution is -2.45. The first-order valence-electron chi connectivity index (χ1n) is 9.48. The van der Waals surface area contributed by atoms with Crippen molar-refractivity contribution in [3.63, 3.8) is 0 Å². The number of nitrogens with zero attached hydrogens (tertiary/aromatic N) is 2. The summed E-state index contributed by atoms with van der Waals surface area (Å²) in [5, 5.41) is 0.499. The number of fused-ring (bicyclic) bond motifs is 1. The normalized spacial score (nSPS) is 11.7. The van der Waals surface area contributed by atoms with Crippen LogP contribution in [0.5, 0.6) is 5.75 Å². The number of hydrogen-bond acceptors (Lipinski definition) is 6. The van der Waals surface area contributed by atoms with Crippen LogP contribution >= 0.6 is 11.3 Å². The van der Waals surface area contributed by atoms with Gasteiger partial charge in [0.2, 0.25) is 0 Å². The molecule has 0 saturated carbocycles. The molecule has 0 aliphatic rings. The fourth-order valence-corrected chi connectivity index (χ4v) is 4.74. The predicted octanol–water partition coefficient (Wildman–Crippen LogP) is 4.36. The molecular formula is C22H26N2O4S. The zero-order valence-corrected chi connectivity index (χ0v) is 18.7. The molecule has 6 nitrogen and oxygen atoms in total. The summed E-state index contributed by atoms with van der Waals surface area (Å²) in [4.78, 5) is 32.5. The summed E-state index contributed by atoms with van der Waals surface area (Å²) in [6.07, 6.45) is 0. The lowest BCUT2D eigenvalue weighted by Gasteiger charge is -2.26. The third-order valence-corrected chi connectivity index (χ3v) is 6.03. The summed E-state index contributed by atoms with van der Waals surface area (Å²) in [6.45, 7) is 11.1. The topological polar surface area (TPSA) is 70.4 Å². The average molecular weight is 415 g/mol. The number of hydrogen-bond donors (Lipinski definition) is 0. The van der Waals surface area contributed by atoms with Gasteiger partial charge in [-0.05, 0) is 53.7 Å². The number of rotatable bonds is 5. The lowest BCUT2D eigenvalue weighted by molar-refractivity contribution is -0.152. The van der Waals surface area contributed by atoms with Crippen LogP contribution in [0.1, 0.15) is 37.0 Å². The highest BCUT2D eigenvalue weighted by Crippen LogP contribution is 2.41. The molecule has 0 aliphatic carbocycles. The Morgan fingerprint density at radius 1 is 1.24 bits per heavy atom. The first kappa shape index (κ1) is 21.0. The monoisotopic (exact) mass is 414 g/mol. The minimum absolute atomic E-state index is 0.245. The van der Waals surface area contributed by atoms with Crippen LogP contribution in [0.3, 0.4) is 0 Å². The molecule has 0 atom stereocenters. The van der Waals surface area contributed by atoms with Gasteiger partial charge in [0.15, 0.2) is 0 Å². The van der Waals surface area contributed by atoms with E-state index in [0.29, 0.717) is 21.8 Å². The minimum atomic E-state index is -1.18. The van der Waals surface area contributed by atoms with Crippen molar-refractivity contribution in [2.75, 3.05) is 13.7 Å². The standard InChI is InChI=1S/C22H26N2O4S/c1-8-28-21(26)22(5,6)24-14(4)23-19-18(20(24)25)17(13(3)29-19)15-11-12(2)9-10-16(15)27-7/h9-11H,8H2,1-7H3. The summed E-state index contributed by atoms with van der Waals surface area (Å²) in [5.74, 6) is 0.701. The van der Waals surface area contributed by atoms with Gasteiger partial charge in [-0.25, -0.2) is 9.78 Å². The molecule has 0 aliphatic heterocycles. The van der Waals surface area contributed by atoms with Gasteiger partial charge in [-0.2, -0.15) is 0 Å². The SMILES string of the molecule is CCOC(=O)C(C)(C)n1c(C)nc2sc(C)c(-c3cc(C)ccc3OC)c2c1=O. The molecule has 0 fully saturated rings. The van der Waals surface area contributed by atoms with Gasteiger partial charge in [0.1, 0.15) is 21.9 Å². The van der Waals surface area contributed by atoms with Crippen LogP contribution in [-0.2, 0) is 15.1 Å². The molecule has 1 aromatic carbocycles. The second-order valence-corrected chi connectivity index (χ2v) is 8.70. The zero-order chi connectivity index (χ0) is 21.5. The molecule has 0 unspecified atom stereocenters. The zero-order valence-electron chi connectivity index (χ0n) is 17.9. The highest BCUT2D eigenvalue weighted by atomic mass is 32.1. The summed E-state index contributed by atoms with van der Waals surface area (Å²) in [5.41, 5.74) is 1.28. The first-order chi connectivity index (χ1) is 13.6. The van der Waals surface area contributed by atoms with E-state index in [1.807, 2.05) is 32.0 Å². The Hall–Kier alpha value is -2.67. The van der Waals surface area contributed by atoms with Crippen LogP contribution in [0.2, 0.25) is 0 Å². The van der Waals surface area contributed by atoms with Crippen molar-refractivity contribution in [1.82, 2.24) is 9.55 Å². The molecule has 3 rings (SSSR count). The molecule has 0 radical (unpaired) electrons. The van der Waals surface area contributed by atoms with Crippen LogP contribution in [0.15, 0.2) is 23.0 Å². The Kier molecular flexibility index (Phi) is 5.54. The van der Waals surface area contributed by atoms with E-state index in [1.54, 1.807) is 34.8 Å². The first-order valence-corrected chi connectivity index (χ1v) is 10.3. The number of methoxy groups -OCH3 is 1. The molecule has 0 bridgehead atoms. The van der Waals surface area contributed by atoms with E-state index in [4.69, 9.17) is 9.47 Å². The lowest BCUT2D eigenvalue weighted by atomic mass is 9.99. The van der Waals surface area contributed by atoms with E-state index < -0.39 is 11.5 Å². The largest absolute Gasteiger partial charge is 0.496 e. The molecule has 7 heteroatoms. The van der Waals surface area contributed by atoms with Crippen molar-refractivity contribution in [3.05, 3.63) is 44.8 Å². The molecule has 29 heavy (non-hydrogen) atoms. The maximum Gasteiger partial charge on any atom is 0.331 e. The maximum absolute atomic E-state index is 13.7. The molecule has 0 amide bonds. The van der Waals surface area contributed by atoms with Crippen molar-refractivity contribution in [2.45, 2.75) is 47.1 Å². The Balaban J connectivity index is 2.40. The van der Waals surface area contributed by atoms with Gasteiger partial charge in [-0.15, -0.1) is 11.3 Å². The minimum Gasteiger partial charge on any atom is -0.496 e. The van der Waals surface area contributed by atoms with Gasteiger partial charge >= 0.3 is 5.97 Å². The molecule has 154 valence electrons. The van der Waals surface area contributed by atoms with Crippen molar-refractivity contribution in [1.29, 1.82) is 0 Å². The van der Waals surface area contributed by atoms with Crippen molar-refractivity contribution in [3.8, 4) is 16.9 Å². The van der Waals surface area contributed by atoms with Crippen LogP contribution in [0.25, 0.3) is 21.3 Å². The van der Waals surface area contributed by atoms with Crippen LogP contribution in [0, 0.1) is 20.8 Å². The molecule has 2 heterocycles. The second kappa shape index (κ2) is 7.63. The summed E-state index contributed by atoms with van der Waals surface area (Å²) < 4.78 is 12.2. The smallest absolute Gasteiger partial charge is 0.331 e. The number of ether oxygens (including phenoxy) is 2. The van der Waals surface area contributed by atoms with Crippen molar-refractivity contribution in [2.24, 2.45) is 0 Å². The highest BCUT2D eigenvalue weighted by molar-refractivity contribution is 7.19. The molecule has 0 saturated heterocycles. The number of thiophene rings is 1. The number of esters is 1. The maximum atomic E-state index is 13.7. The van der Waals surface area contributed by atoms with Crippen LogP contribution in [-0.4, -0.2) is 29.2 Å². The van der Waals surface area contributed by atoms with E-state index in [1.165, 1.54) is 15.9 Å². The molecule has 2 aromatic heterocycles. The fraction of sp³-hybridized carbons (Fsp3) is 0.409. The average Bonchev–Trinajstić information content (AvgIpc) is 2.97. The van der Waals surface area contributed by atoms with Gasteiger partial charge in [0.05, 0.1) is 19.1 Å². The predicted molar refractivity (Wildman–Crippen MR) is 116 cm³/mol. The summed E-state index contributed by atoms with van der Waals surface area (Å²) in [7, 11) is 1.61. The number of aromatic nitrogens is 2. The third-order valence-electron chi connectivity index (χ3n) is 5.03. The number of carbonyl (C=O) groups is 1. The van der Waals surface area contributed by atoms with Gasteiger partial charge < -0.3 is 9.47 Å². The van der Waals surface area contributed by atoms with E-state index in [-0.39, 0.29) is 12.2 Å². The fourth-order valence-electron chi connectivity index (χ4n) is 3.66. The van der Waals surface area contributed by atoms with Gasteiger partial charge in [-0.1, -0.05) is 11.6 Å². The number of aryl methyl sites for hydroxylation is 3. The van der Waals surface area contributed by atoms with Gasteiger partial charge in [0.25, 0.3) is 5.56 Å². The third kappa shape index (κ3) is 3.44. The van der Waals surface area contributed by atoms with Gasteiger partial charge in [0, 0.05) is 16.0 Å². The van der Waals surface area contributed by atoms with E-state index in [2.05, 4.69) is 4.98 Å². The molecular weight excluding hydrogens is 388 g/mol. The molecule has 3 aromatic rings. The quantitative estimate of drug-likeness (QED) is 0.580. The van der Waals surface area contributed by atoms with E-state index in [9.17, 15) is 9.59 Å². The van der Waals surface area contributed by atoms with E-state index in [0.717, 1.165) is 21.6 Å². The summed E-state index contributed by atoms with van der Waals surface area (Å²) >= 11 is 1.47.